The molecule has 0 aliphatic heterocycles. The Bertz CT molecular complexity index is 1000. The summed E-state index contributed by atoms with van der Waals surface area (Å²) >= 11 is 5.49. The molecule has 6 nitrogen and oxygen atoms in total. The number of esters is 1. The Kier molecular flexibility index (Phi) is 6.35. The minimum absolute atomic E-state index is 0.00463. The summed E-state index contributed by atoms with van der Waals surface area (Å²) in [4.78, 5) is 23.7. The van der Waals surface area contributed by atoms with Crippen LogP contribution in [0.3, 0.4) is 0 Å². The van der Waals surface area contributed by atoms with E-state index in [-0.39, 0.29) is 16.1 Å². The number of hydrogen-bond acceptors (Lipinski definition) is 5. The third-order valence-corrected chi connectivity index (χ3v) is 4.87. The zero-order valence-corrected chi connectivity index (χ0v) is 15.8. The number of halogens is 4. The van der Waals surface area contributed by atoms with E-state index in [1.54, 1.807) is 0 Å². The number of rotatable bonds is 5. The minimum Gasteiger partial charge on any atom is -0.452 e. The van der Waals surface area contributed by atoms with E-state index >= 15 is 0 Å². The first-order valence-electron chi connectivity index (χ1n) is 7.52. The van der Waals surface area contributed by atoms with Crippen molar-refractivity contribution >= 4 is 39.0 Å². The Morgan fingerprint density at radius 2 is 1.71 bits per heavy atom. The first-order valence-corrected chi connectivity index (χ1v) is 9.79. The number of anilines is 1. The van der Waals surface area contributed by atoms with Crippen LogP contribution in [0.5, 0.6) is 0 Å². The lowest BCUT2D eigenvalue weighted by molar-refractivity contribution is -0.137. The molecule has 0 unspecified atom stereocenters. The Balaban J connectivity index is 1.98. The summed E-state index contributed by atoms with van der Waals surface area (Å²) in [5.41, 5.74) is -1.28. The predicted octanol–water partition coefficient (Wildman–Crippen LogP) is 3.56. The van der Waals surface area contributed by atoms with Crippen molar-refractivity contribution in [2.45, 2.75) is 11.1 Å². The zero-order chi connectivity index (χ0) is 21.1. The van der Waals surface area contributed by atoms with Crippen molar-refractivity contribution in [3.63, 3.8) is 0 Å². The number of alkyl halides is 3. The van der Waals surface area contributed by atoms with E-state index in [9.17, 15) is 31.2 Å². The van der Waals surface area contributed by atoms with Gasteiger partial charge in [0.05, 0.1) is 21.0 Å². The maximum Gasteiger partial charge on any atom is 0.417 e. The molecule has 2 aromatic carbocycles. The van der Waals surface area contributed by atoms with Crippen molar-refractivity contribution in [1.82, 2.24) is 0 Å². The summed E-state index contributed by atoms with van der Waals surface area (Å²) in [6.07, 6.45) is -3.69. The normalized spacial score (nSPS) is 11.8. The Labute approximate surface area is 163 Å². The molecule has 0 fully saturated rings. The lowest BCUT2D eigenvalue weighted by atomic mass is 10.2. The van der Waals surface area contributed by atoms with Gasteiger partial charge >= 0.3 is 12.1 Å². The van der Waals surface area contributed by atoms with Gasteiger partial charge in [-0.2, -0.15) is 13.2 Å². The SMILES string of the molecule is CS(=O)(=O)c1ccc(C(=O)OCC(=O)Nc2ccc(Cl)c(C(F)(F)F)c2)cc1. The van der Waals surface area contributed by atoms with Crippen molar-refractivity contribution in [2.75, 3.05) is 18.2 Å². The lowest BCUT2D eigenvalue weighted by Gasteiger charge is -2.12. The van der Waals surface area contributed by atoms with Crippen molar-refractivity contribution in [1.29, 1.82) is 0 Å². The zero-order valence-electron chi connectivity index (χ0n) is 14.2. The second-order valence-corrected chi connectivity index (χ2v) is 8.04. The predicted molar refractivity (Wildman–Crippen MR) is 94.9 cm³/mol. The van der Waals surface area contributed by atoms with Crippen molar-refractivity contribution in [3.05, 3.63) is 58.6 Å². The van der Waals surface area contributed by atoms with Gasteiger partial charge in [-0.3, -0.25) is 4.79 Å². The molecule has 0 aromatic heterocycles. The van der Waals surface area contributed by atoms with Gasteiger partial charge in [0, 0.05) is 11.9 Å². The van der Waals surface area contributed by atoms with Crippen molar-refractivity contribution in [2.24, 2.45) is 0 Å². The molecule has 0 aliphatic rings. The molecule has 0 spiro atoms. The highest BCUT2D eigenvalue weighted by atomic mass is 35.5. The van der Waals surface area contributed by atoms with Gasteiger partial charge in [-0.1, -0.05) is 11.6 Å². The molecule has 0 saturated heterocycles. The number of benzene rings is 2. The smallest absolute Gasteiger partial charge is 0.417 e. The summed E-state index contributed by atoms with van der Waals surface area (Å²) in [7, 11) is -3.43. The van der Waals surface area contributed by atoms with Crippen LogP contribution in [0, 0.1) is 0 Å². The standard InChI is InChI=1S/C17H13ClF3NO5S/c1-28(25,26)12-5-2-10(3-6-12)16(24)27-9-15(23)22-11-4-7-14(18)13(8-11)17(19,20)21/h2-8H,9H2,1H3,(H,22,23). The van der Waals surface area contributed by atoms with E-state index in [4.69, 9.17) is 16.3 Å². The third kappa shape index (κ3) is 5.70. The number of hydrogen-bond donors (Lipinski definition) is 1. The fraction of sp³-hybridized carbons (Fsp3) is 0.176. The molecule has 28 heavy (non-hydrogen) atoms. The highest BCUT2D eigenvalue weighted by molar-refractivity contribution is 7.90. The summed E-state index contributed by atoms with van der Waals surface area (Å²) in [5.74, 6) is -1.76. The monoisotopic (exact) mass is 435 g/mol. The van der Waals surface area contributed by atoms with Crippen LogP contribution in [0.15, 0.2) is 47.4 Å². The Morgan fingerprint density at radius 1 is 1.11 bits per heavy atom. The van der Waals surface area contributed by atoms with Crippen LogP contribution >= 0.6 is 11.6 Å². The van der Waals surface area contributed by atoms with E-state index in [2.05, 4.69) is 5.32 Å². The molecule has 2 aromatic rings. The average molecular weight is 436 g/mol. The molecule has 150 valence electrons. The molecule has 0 radical (unpaired) electrons. The molecule has 0 aliphatic carbocycles. The van der Waals surface area contributed by atoms with Gasteiger partial charge in [0.1, 0.15) is 0 Å². The van der Waals surface area contributed by atoms with Crippen LogP contribution in [-0.2, 0) is 25.5 Å². The molecule has 2 rings (SSSR count). The van der Waals surface area contributed by atoms with Gasteiger partial charge in [-0.25, -0.2) is 13.2 Å². The van der Waals surface area contributed by atoms with Gasteiger partial charge in [-0.15, -0.1) is 0 Å². The molecule has 0 atom stereocenters. The molecule has 0 heterocycles. The lowest BCUT2D eigenvalue weighted by Crippen LogP contribution is -2.21. The first kappa shape index (κ1) is 21.7. The van der Waals surface area contributed by atoms with Crippen LogP contribution in [-0.4, -0.2) is 33.2 Å². The number of carbonyl (C=O) groups excluding carboxylic acids is 2. The second-order valence-electron chi connectivity index (χ2n) is 5.61. The van der Waals surface area contributed by atoms with Gasteiger partial charge in [0.2, 0.25) is 0 Å². The second kappa shape index (κ2) is 8.19. The highest BCUT2D eigenvalue weighted by Crippen LogP contribution is 2.36. The number of carbonyl (C=O) groups is 2. The van der Waals surface area contributed by atoms with Crippen LogP contribution in [0.25, 0.3) is 0 Å². The Morgan fingerprint density at radius 3 is 2.25 bits per heavy atom. The summed E-state index contributed by atoms with van der Waals surface area (Å²) in [6, 6.07) is 7.65. The quantitative estimate of drug-likeness (QED) is 0.725. The topological polar surface area (TPSA) is 89.5 Å². The van der Waals surface area contributed by atoms with Gasteiger partial charge in [-0.05, 0) is 42.5 Å². The van der Waals surface area contributed by atoms with Crippen molar-refractivity contribution in [3.8, 4) is 0 Å². The molecule has 0 saturated carbocycles. The Hall–Kier alpha value is -2.59. The van der Waals surface area contributed by atoms with Crippen LogP contribution in [0.2, 0.25) is 5.02 Å². The molecule has 0 bridgehead atoms. The summed E-state index contributed by atoms with van der Waals surface area (Å²) in [5, 5.41) is 1.64. The van der Waals surface area contributed by atoms with E-state index in [0.29, 0.717) is 6.07 Å². The first-order chi connectivity index (χ1) is 12.9. The molecule has 11 heteroatoms. The van der Waals surface area contributed by atoms with E-state index in [1.807, 2.05) is 0 Å². The largest absolute Gasteiger partial charge is 0.452 e. The summed E-state index contributed by atoms with van der Waals surface area (Å²) in [6.45, 7) is -0.753. The van der Waals surface area contributed by atoms with Crippen LogP contribution < -0.4 is 5.32 Å². The number of nitrogens with one attached hydrogen (secondary N) is 1. The number of ether oxygens (including phenoxy) is 1. The van der Waals surface area contributed by atoms with Gasteiger partial charge in [0.25, 0.3) is 5.91 Å². The highest BCUT2D eigenvalue weighted by Gasteiger charge is 2.33. The molecular weight excluding hydrogens is 423 g/mol. The fourth-order valence-electron chi connectivity index (χ4n) is 2.07. The van der Waals surface area contributed by atoms with Crippen LogP contribution in [0.1, 0.15) is 15.9 Å². The third-order valence-electron chi connectivity index (χ3n) is 3.41. The fourth-order valence-corrected chi connectivity index (χ4v) is 2.93. The van der Waals surface area contributed by atoms with E-state index in [1.165, 1.54) is 30.3 Å². The molecular formula is C17H13ClF3NO5S. The minimum atomic E-state index is -4.69. The average Bonchev–Trinajstić information content (AvgIpc) is 2.59. The summed E-state index contributed by atoms with van der Waals surface area (Å²) < 4.78 is 65.9. The van der Waals surface area contributed by atoms with Gasteiger partial charge < -0.3 is 10.1 Å². The number of sulfone groups is 1. The number of amides is 1. The van der Waals surface area contributed by atoms with E-state index in [0.717, 1.165) is 12.3 Å². The van der Waals surface area contributed by atoms with Gasteiger partial charge in [0.15, 0.2) is 16.4 Å². The molecule has 1 N–H and O–H groups in total. The maximum atomic E-state index is 12.8. The van der Waals surface area contributed by atoms with E-state index < -0.39 is 45.1 Å². The van der Waals surface area contributed by atoms with Crippen LogP contribution in [0.4, 0.5) is 18.9 Å². The maximum absolute atomic E-state index is 12.8. The van der Waals surface area contributed by atoms with Crippen molar-refractivity contribution < 1.29 is 35.9 Å². The molecule has 1 amide bonds.